The molecule has 1 atom stereocenters. The molecule has 5 aromatic rings. The maximum Gasteiger partial charge on any atom is 0.339 e. The molecule has 0 radical (unpaired) electrons. The lowest BCUT2D eigenvalue weighted by Gasteiger charge is -2.58. The smallest absolute Gasteiger partial charge is 0.339 e. The van der Waals surface area contributed by atoms with Crippen molar-refractivity contribution in [2.24, 2.45) is 5.41 Å². The Morgan fingerprint density at radius 2 is 1.73 bits per heavy atom. The molecule has 8 rings (SSSR count). The Morgan fingerprint density at radius 3 is 2.44 bits per heavy atom. The number of carboxylic acid groups (broad SMARTS) is 1. The van der Waals surface area contributed by atoms with Crippen LogP contribution in [0.5, 0.6) is 23.1 Å². The minimum absolute atomic E-state index is 0.00782. The largest absolute Gasteiger partial charge is 0.497 e. The Kier molecular flexibility index (Phi) is 10.2. The van der Waals surface area contributed by atoms with E-state index in [1.165, 1.54) is 48.9 Å². The number of nitrogens with zero attached hydrogens (tertiary/aromatic N) is 4. The van der Waals surface area contributed by atoms with Crippen LogP contribution in [-0.4, -0.2) is 83.8 Å². The summed E-state index contributed by atoms with van der Waals surface area (Å²) in [6, 6.07) is 25.1. The van der Waals surface area contributed by atoms with Crippen LogP contribution >= 0.6 is 0 Å². The molecule has 1 spiro atoms. The summed E-state index contributed by atoms with van der Waals surface area (Å²) in [6.07, 6.45) is 5.75. The van der Waals surface area contributed by atoms with E-state index < -0.39 is 11.8 Å². The first-order chi connectivity index (χ1) is 26.6. The maximum absolute atomic E-state index is 14.4. The number of fused-ring (bicyclic) bond motifs is 1. The second-order valence-corrected chi connectivity index (χ2v) is 15.8. The molecular formula is C44H50FN5O5. The van der Waals surface area contributed by atoms with Crippen molar-refractivity contribution in [1.29, 1.82) is 0 Å². The Labute approximate surface area is 321 Å². The number of carbonyl (C=O) groups is 1. The molecule has 3 aromatic carbocycles. The third-order valence-electron chi connectivity index (χ3n) is 12.2. The van der Waals surface area contributed by atoms with Crippen LogP contribution < -0.4 is 19.1 Å². The number of ether oxygens (including phenoxy) is 3. The van der Waals surface area contributed by atoms with E-state index in [1.807, 2.05) is 6.07 Å². The number of rotatable bonds is 11. The van der Waals surface area contributed by atoms with Crippen molar-refractivity contribution in [3.05, 3.63) is 107 Å². The molecule has 288 valence electrons. The Bertz CT molecular complexity index is 2150. The average Bonchev–Trinajstić information content (AvgIpc) is 3.55. The first kappa shape index (κ1) is 36.8. The molecule has 2 aliphatic heterocycles. The SMILES string of the molecule is COc1ccc(CN2CCN(C3CC4(CCN(c5ccc(C(=O)O)c(Oc6cc7c(F)c[nH]c7nc6OC)c5)CC4)C3)C(c3ccccc3C(C)C)C2)cc1. The zero-order valence-corrected chi connectivity index (χ0v) is 32.1. The summed E-state index contributed by atoms with van der Waals surface area (Å²) in [4.78, 5) is 27.1. The van der Waals surface area contributed by atoms with Crippen LogP contribution in [-0.2, 0) is 6.54 Å². The third-order valence-corrected chi connectivity index (χ3v) is 12.2. The van der Waals surface area contributed by atoms with Gasteiger partial charge in [-0.1, -0.05) is 50.2 Å². The van der Waals surface area contributed by atoms with Crippen molar-refractivity contribution >= 4 is 22.7 Å². The second kappa shape index (κ2) is 15.2. The van der Waals surface area contributed by atoms with Crippen LogP contribution in [0, 0.1) is 11.2 Å². The number of hydrogen-bond donors (Lipinski definition) is 2. The summed E-state index contributed by atoms with van der Waals surface area (Å²) in [5.74, 6) is 0.166. The monoisotopic (exact) mass is 747 g/mol. The number of anilines is 1. The number of aromatic carboxylic acids is 1. The number of carboxylic acids is 1. The van der Waals surface area contributed by atoms with Gasteiger partial charge in [0.15, 0.2) is 5.75 Å². The van der Waals surface area contributed by atoms with Gasteiger partial charge in [-0.25, -0.2) is 9.18 Å². The summed E-state index contributed by atoms with van der Waals surface area (Å²) >= 11 is 0. The highest BCUT2D eigenvalue weighted by molar-refractivity contribution is 5.92. The molecule has 2 saturated heterocycles. The number of halogens is 1. The van der Waals surface area contributed by atoms with Crippen molar-refractivity contribution < 1.29 is 28.5 Å². The minimum atomic E-state index is -1.11. The number of piperidine rings is 1. The number of methoxy groups -OCH3 is 2. The summed E-state index contributed by atoms with van der Waals surface area (Å²) in [5.41, 5.74) is 5.73. The third kappa shape index (κ3) is 7.35. The van der Waals surface area contributed by atoms with Gasteiger partial charge >= 0.3 is 5.97 Å². The van der Waals surface area contributed by atoms with Gasteiger partial charge < -0.3 is 29.2 Å². The molecule has 1 unspecified atom stereocenters. The van der Waals surface area contributed by atoms with E-state index in [0.29, 0.717) is 29.1 Å². The highest BCUT2D eigenvalue weighted by atomic mass is 19.1. The van der Waals surface area contributed by atoms with Gasteiger partial charge in [0.1, 0.15) is 28.5 Å². The molecule has 0 amide bonds. The lowest BCUT2D eigenvalue weighted by atomic mass is 9.59. The summed E-state index contributed by atoms with van der Waals surface area (Å²) in [5, 5.41) is 10.2. The van der Waals surface area contributed by atoms with Gasteiger partial charge in [-0.15, -0.1) is 0 Å². The predicted molar refractivity (Wildman–Crippen MR) is 211 cm³/mol. The topological polar surface area (TPSA) is 103 Å². The zero-order chi connectivity index (χ0) is 38.3. The molecule has 2 N–H and O–H groups in total. The van der Waals surface area contributed by atoms with Gasteiger partial charge in [0.2, 0.25) is 0 Å². The normalized spacial score (nSPS) is 19.2. The lowest BCUT2D eigenvalue weighted by molar-refractivity contribution is -0.0628. The van der Waals surface area contributed by atoms with Crippen LogP contribution in [0.15, 0.2) is 79.0 Å². The Morgan fingerprint density at radius 1 is 0.964 bits per heavy atom. The van der Waals surface area contributed by atoms with E-state index in [1.54, 1.807) is 19.2 Å². The predicted octanol–water partition coefficient (Wildman–Crippen LogP) is 8.64. The van der Waals surface area contributed by atoms with Gasteiger partial charge in [-0.3, -0.25) is 9.80 Å². The summed E-state index contributed by atoms with van der Waals surface area (Å²) in [7, 11) is 3.15. The fourth-order valence-electron chi connectivity index (χ4n) is 9.15. The summed E-state index contributed by atoms with van der Waals surface area (Å²) in [6.45, 7) is 10.4. The van der Waals surface area contributed by atoms with Crippen molar-refractivity contribution in [3.63, 3.8) is 0 Å². The maximum atomic E-state index is 14.4. The molecule has 4 heterocycles. The van der Waals surface area contributed by atoms with Gasteiger partial charge in [0.25, 0.3) is 5.88 Å². The van der Waals surface area contributed by atoms with Crippen molar-refractivity contribution in [2.75, 3.05) is 51.8 Å². The number of benzene rings is 3. The number of pyridine rings is 1. The number of aromatic amines is 1. The van der Waals surface area contributed by atoms with E-state index in [-0.39, 0.29) is 28.3 Å². The number of H-pyrrole nitrogens is 1. The fourth-order valence-corrected chi connectivity index (χ4v) is 9.15. The van der Waals surface area contributed by atoms with Gasteiger partial charge in [0.05, 0.1) is 19.6 Å². The standard InChI is InChI=1S/C44H50FN5O5/c1-28(2)33-7-5-6-8-34(33)38-27-48(26-29-9-12-32(53-3)13-10-29)19-20-50(38)31-23-44(24-31)15-17-49(18-16-44)30-11-14-35(43(51)52)39(21-30)55-40-22-36-37(45)25-46-41(36)47-42(40)54-4/h5-14,21-22,25,28,31,38H,15-20,23-24,26-27H2,1-4H3,(H,46,47)(H,51,52). The molecule has 2 aromatic heterocycles. The molecule has 11 heteroatoms. The van der Waals surface area contributed by atoms with E-state index >= 15 is 0 Å². The number of nitrogens with one attached hydrogen (secondary N) is 1. The zero-order valence-electron chi connectivity index (χ0n) is 32.1. The van der Waals surface area contributed by atoms with Crippen molar-refractivity contribution in [1.82, 2.24) is 19.8 Å². The van der Waals surface area contributed by atoms with Crippen molar-refractivity contribution in [3.8, 4) is 23.1 Å². The second-order valence-electron chi connectivity index (χ2n) is 15.8. The van der Waals surface area contributed by atoms with Gasteiger partial charge in [0, 0.05) is 75.4 Å². The fraction of sp³-hybridized carbons (Fsp3) is 0.409. The Hall–Kier alpha value is -5.13. The van der Waals surface area contributed by atoms with Crippen LogP contribution in [0.3, 0.4) is 0 Å². The molecule has 55 heavy (non-hydrogen) atoms. The van der Waals surface area contributed by atoms with Crippen LogP contribution in [0.25, 0.3) is 11.0 Å². The van der Waals surface area contributed by atoms with Crippen LogP contribution in [0.4, 0.5) is 10.1 Å². The first-order valence-electron chi connectivity index (χ1n) is 19.4. The van der Waals surface area contributed by atoms with E-state index in [2.05, 4.69) is 87.0 Å². The number of aromatic nitrogens is 2. The molecule has 1 aliphatic carbocycles. The quantitative estimate of drug-likeness (QED) is 0.138. The molecule has 3 fully saturated rings. The van der Waals surface area contributed by atoms with E-state index in [4.69, 9.17) is 14.2 Å². The highest BCUT2D eigenvalue weighted by Crippen LogP contribution is 2.53. The lowest BCUT2D eigenvalue weighted by Crippen LogP contribution is -2.60. The van der Waals surface area contributed by atoms with Gasteiger partial charge in [-0.2, -0.15) is 4.98 Å². The average molecular weight is 748 g/mol. The minimum Gasteiger partial charge on any atom is -0.497 e. The van der Waals surface area contributed by atoms with Crippen LogP contribution in [0.2, 0.25) is 0 Å². The number of piperazine rings is 1. The van der Waals surface area contributed by atoms with Crippen molar-refractivity contribution in [2.45, 2.75) is 64.1 Å². The molecule has 1 saturated carbocycles. The Balaban J connectivity index is 0.958. The van der Waals surface area contributed by atoms with Crippen LogP contribution in [0.1, 0.15) is 78.5 Å². The number of hydrogen-bond acceptors (Lipinski definition) is 8. The first-order valence-corrected chi connectivity index (χ1v) is 19.4. The molecule has 3 aliphatic rings. The van der Waals surface area contributed by atoms with E-state index in [9.17, 15) is 14.3 Å². The summed E-state index contributed by atoms with van der Waals surface area (Å²) < 4.78 is 31.4. The molecule has 10 nitrogen and oxygen atoms in total. The molecular weight excluding hydrogens is 698 g/mol. The van der Waals surface area contributed by atoms with Gasteiger partial charge in [-0.05, 0) is 78.0 Å². The highest BCUT2D eigenvalue weighted by Gasteiger charge is 2.50. The molecule has 0 bridgehead atoms. The van der Waals surface area contributed by atoms with E-state index in [0.717, 1.165) is 63.5 Å².